The van der Waals surface area contributed by atoms with E-state index in [1.165, 1.54) is 18.6 Å². The maximum atomic E-state index is 13.9. The van der Waals surface area contributed by atoms with Gasteiger partial charge in [0.1, 0.15) is 6.61 Å². The van der Waals surface area contributed by atoms with Gasteiger partial charge in [-0.25, -0.2) is 4.68 Å². The van der Waals surface area contributed by atoms with Crippen LogP contribution in [0.2, 0.25) is 0 Å². The number of carbonyl (C=O) groups excluding carboxylic acids is 2. The Bertz CT molecular complexity index is 858. The van der Waals surface area contributed by atoms with Gasteiger partial charge in [0.15, 0.2) is 11.6 Å². The van der Waals surface area contributed by atoms with Crippen molar-refractivity contribution in [3.8, 4) is 5.88 Å². The zero-order chi connectivity index (χ0) is 23.8. The minimum atomic E-state index is -0.0230. The second kappa shape index (κ2) is 10.1. The minimum Gasteiger partial charge on any atom is -0.469 e. The van der Waals surface area contributed by atoms with E-state index in [4.69, 9.17) is 4.74 Å². The van der Waals surface area contributed by atoms with Gasteiger partial charge in [-0.3, -0.25) is 9.59 Å². The summed E-state index contributed by atoms with van der Waals surface area (Å²) in [6, 6.07) is 0. The van der Waals surface area contributed by atoms with Crippen LogP contribution in [-0.4, -0.2) is 39.0 Å². The molecular formula is C27H42N2O3S. The topological polar surface area (TPSA) is 61.2 Å². The Hall–Kier alpha value is -1.30. The summed E-state index contributed by atoms with van der Waals surface area (Å²) in [6.07, 6.45) is 9.22. The quantitative estimate of drug-likeness (QED) is 0.450. The summed E-state index contributed by atoms with van der Waals surface area (Å²) in [5.41, 5.74) is 0.819. The summed E-state index contributed by atoms with van der Waals surface area (Å²) in [5.74, 6) is 3.49. The molecule has 5 atom stereocenters. The zero-order valence-corrected chi connectivity index (χ0v) is 22.0. The minimum absolute atomic E-state index is 0.0230. The molecule has 2 aliphatic carbocycles. The van der Waals surface area contributed by atoms with E-state index in [-0.39, 0.29) is 35.4 Å². The zero-order valence-electron chi connectivity index (χ0n) is 21.1. The number of Topliss-reactive ketones (excluding diaryl/α,β-unsaturated/α-hetero) is 2. The molecule has 0 radical (unpaired) electrons. The highest BCUT2D eigenvalue weighted by Gasteiger charge is 2.51. The van der Waals surface area contributed by atoms with Crippen molar-refractivity contribution in [2.75, 3.05) is 12.4 Å². The monoisotopic (exact) mass is 474 g/mol. The van der Waals surface area contributed by atoms with Gasteiger partial charge in [-0.2, -0.15) is 16.9 Å². The van der Waals surface area contributed by atoms with E-state index < -0.39 is 0 Å². The Balaban J connectivity index is 1.53. The van der Waals surface area contributed by atoms with Crippen LogP contribution in [-0.2, 0) is 11.3 Å². The van der Waals surface area contributed by atoms with Crippen LogP contribution in [0.1, 0.15) is 89.9 Å². The number of ether oxygens (including phenoxy) is 1. The highest BCUT2D eigenvalue weighted by atomic mass is 32.2. The molecule has 6 heteroatoms. The average Bonchev–Trinajstić information content (AvgIpc) is 3.22. The summed E-state index contributed by atoms with van der Waals surface area (Å²) in [7, 11) is 0. The van der Waals surface area contributed by atoms with Crippen molar-refractivity contribution in [2.24, 2.45) is 35.0 Å². The molecule has 3 aliphatic rings. The third kappa shape index (κ3) is 4.92. The molecule has 1 aromatic heterocycles. The van der Waals surface area contributed by atoms with Crippen molar-refractivity contribution in [3.63, 3.8) is 0 Å². The molecule has 1 aromatic rings. The van der Waals surface area contributed by atoms with Crippen LogP contribution >= 0.6 is 11.8 Å². The molecule has 5 nitrogen and oxygen atoms in total. The summed E-state index contributed by atoms with van der Waals surface area (Å²) < 4.78 is 7.80. The van der Waals surface area contributed by atoms with E-state index in [1.54, 1.807) is 10.9 Å². The lowest BCUT2D eigenvalue weighted by Gasteiger charge is -2.54. The van der Waals surface area contributed by atoms with Crippen LogP contribution in [0.15, 0.2) is 6.20 Å². The third-order valence-electron chi connectivity index (χ3n) is 8.81. The van der Waals surface area contributed by atoms with Crippen LogP contribution in [0, 0.1) is 35.0 Å². The normalized spacial score (nSPS) is 32.2. The van der Waals surface area contributed by atoms with Crippen molar-refractivity contribution >= 4 is 23.3 Å². The van der Waals surface area contributed by atoms with Crippen LogP contribution in [0.4, 0.5) is 0 Å². The van der Waals surface area contributed by atoms with Gasteiger partial charge in [-0.1, -0.05) is 47.0 Å². The van der Waals surface area contributed by atoms with Gasteiger partial charge in [-0.15, -0.1) is 0 Å². The lowest BCUT2D eigenvalue weighted by molar-refractivity contribution is -0.125. The number of aryl methyl sites for hydroxylation is 1. The largest absolute Gasteiger partial charge is 0.469 e. The maximum absolute atomic E-state index is 13.9. The molecule has 1 aliphatic heterocycles. The van der Waals surface area contributed by atoms with E-state index in [0.29, 0.717) is 41.0 Å². The Morgan fingerprint density at radius 3 is 2.64 bits per heavy atom. The van der Waals surface area contributed by atoms with E-state index in [2.05, 4.69) is 44.6 Å². The number of aromatic nitrogens is 2. The van der Waals surface area contributed by atoms with Crippen molar-refractivity contribution in [3.05, 3.63) is 11.8 Å². The lowest BCUT2D eigenvalue weighted by Crippen LogP contribution is -2.51. The lowest BCUT2D eigenvalue weighted by atomic mass is 9.57. The number of thioether (sulfide) groups is 1. The number of rotatable bonds is 7. The summed E-state index contributed by atoms with van der Waals surface area (Å²) >= 11 is 2.12. The molecule has 0 bridgehead atoms. The van der Waals surface area contributed by atoms with E-state index in [0.717, 1.165) is 32.1 Å². The Kier molecular flexibility index (Phi) is 7.62. The molecule has 33 heavy (non-hydrogen) atoms. The van der Waals surface area contributed by atoms with Gasteiger partial charge in [0, 0.05) is 23.6 Å². The Morgan fingerprint density at radius 1 is 1.21 bits per heavy atom. The van der Waals surface area contributed by atoms with E-state index in [1.807, 2.05) is 6.92 Å². The fourth-order valence-corrected chi connectivity index (χ4v) is 9.03. The van der Waals surface area contributed by atoms with Gasteiger partial charge >= 0.3 is 0 Å². The molecule has 0 N–H and O–H groups in total. The fourth-order valence-electron chi connectivity index (χ4n) is 6.85. The van der Waals surface area contributed by atoms with Crippen LogP contribution in [0.3, 0.4) is 0 Å². The van der Waals surface area contributed by atoms with Crippen LogP contribution in [0.25, 0.3) is 0 Å². The average molecular weight is 475 g/mol. The molecule has 0 amide bonds. The van der Waals surface area contributed by atoms with Gasteiger partial charge in [0.05, 0.1) is 11.8 Å². The maximum Gasteiger partial charge on any atom is 0.223 e. The SMILES string of the molecule is CCn1ncc(C(=O)C2CC(C)C3SCCC(C)(C)C3C2C)c1OCC(=O)C1CCCCC1. The second-order valence-electron chi connectivity index (χ2n) is 11.4. The molecule has 184 valence electrons. The first-order chi connectivity index (χ1) is 15.7. The molecular weight excluding hydrogens is 432 g/mol. The Morgan fingerprint density at radius 2 is 1.94 bits per heavy atom. The molecule has 0 aromatic carbocycles. The van der Waals surface area contributed by atoms with Gasteiger partial charge in [-0.05, 0) is 61.5 Å². The first-order valence-electron chi connectivity index (χ1n) is 13.1. The molecule has 3 fully saturated rings. The smallest absolute Gasteiger partial charge is 0.223 e. The molecule has 5 unspecified atom stereocenters. The van der Waals surface area contributed by atoms with Crippen molar-refractivity contribution in [1.82, 2.24) is 9.78 Å². The fraction of sp³-hybridized carbons (Fsp3) is 0.815. The number of hydrogen-bond acceptors (Lipinski definition) is 5. The van der Waals surface area contributed by atoms with Gasteiger partial charge in [0.25, 0.3) is 0 Å². The number of fused-ring (bicyclic) bond motifs is 1. The molecule has 0 spiro atoms. The predicted octanol–water partition coefficient (Wildman–Crippen LogP) is 6.05. The standard InChI is InChI=1S/C27H42N2O3S/c1-6-29-26(32-16-22(30)19-10-8-7-9-11-19)21(15-28-29)24(31)20-14-17(2)25-23(18(20)3)27(4,5)12-13-33-25/h15,17-20,23,25H,6-14,16H2,1-5H3. The molecule has 2 saturated carbocycles. The number of hydrogen-bond donors (Lipinski definition) is 0. The molecule has 2 heterocycles. The van der Waals surface area contributed by atoms with Crippen molar-refractivity contribution in [2.45, 2.75) is 91.4 Å². The van der Waals surface area contributed by atoms with E-state index >= 15 is 0 Å². The predicted molar refractivity (Wildman–Crippen MR) is 134 cm³/mol. The highest BCUT2D eigenvalue weighted by Crippen LogP contribution is 2.56. The number of carbonyl (C=O) groups is 2. The number of ketones is 2. The van der Waals surface area contributed by atoms with Crippen molar-refractivity contribution < 1.29 is 14.3 Å². The summed E-state index contributed by atoms with van der Waals surface area (Å²) in [4.78, 5) is 26.7. The first kappa shape index (κ1) is 24.8. The third-order valence-corrected chi connectivity index (χ3v) is 10.4. The van der Waals surface area contributed by atoms with Crippen LogP contribution in [0.5, 0.6) is 5.88 Å². The summed E-state index contributed by atoms with van der Waals surface area (Å²) in [5, 5.41) is 5.08. The molecule has 1 saturated heterocycles. The molecule has 4 rings (SSSR count). The van der Waals surface area contributed by atoms with Crippen LogP contribution < -0.4 is 4.74 Å². The van der Waals surface area contributed by atoms with Crippen molar-refractivity contribution in [1.29, 1.82) is 0 Å². The van der Waals surface area contributed by atoms with Gasteiger partial charge in [0.2, 0.25) is 5.88 Å². The van der Waals surface area contributed by atoms with E-state index in [9.17, 15) is 9.59 Å². The van der Waals surface area contributed by atoms with Gasteiger partial charge < -0.3 is 4.74 Å². The highest BCUT2D eigenvalue weighted by molar-refractivity contribution is 8.00. The summed E-state index contributed by atoms with van der Waals surface area (Å²) in [6.45, 7) is 12.1. The first-order valence-corrected chi connectivity index (χ1v) is 14.2. The second-order valence-corrected chi connectivity index (χ2v) is 12.7. The Labute approximate surface area is 203 Å². The number of nitrogens with zero attached hydrogens (tertiary/aromatic N) is 2.